The van der Waals surface area contributed by atoms with Gasteiger partial charge in [0.25, 0.3) is 0 Å². The van der Waals surface area contributed by atoms with Gasteiger partial charge in [-0.05, 0) is 36.8 Å². The van der Waals surface area contributed by atoms with Crippen LogP contribution >= 0.6 is 0 Å². The Kier molecular flexibility index (Phi) is 6.23. The average Bonchev–Trinajstić information content (AvgIpc) is 2.72. The van der Waals surface area contributed by atoms with E-state index in [1.165, 1.54) is 0 Å². The molecule has 3 rings (SSSR count). The molecular formula is C22H21NO4S. The number of carbonyl (C=O) groups excluding carboxylic acids is 1. The number of nitrogens with one attached hydrogen (secondary N) is 1. The number of aryl methyl sites for hydroxylation is 1. The minimum Gasteiger partial charge on any atom is -0.460 e. The van der Waals surface area contributed by atoms with Crippen molar-refractivity contribution in [1.29, 1.82) is 0 Å². The lowest BCUT2D eigenvalue weighted by molar-refractivity contribution is 0.0474. The summed E-state index contributed by atoms with van der Waals surface area (Å²) in [5, 5.41) is 0. The van der Waals surface area contributed by atoms with E-state index in [1.54, 1.807) is 66.7 Å². The highest BCUT2D eigenvalue weighted by Crippen LogP contribution is 2.19. The molecule has 0 aliphatic rings. The van der Waals surface area contributed by atoms with Crippen molar-refractivity contribution in [2.24, 2.45) is 0 Å². The smallest absolute Gasteiger partial charge is 0.338 e. The summed E-state index contributed by atoms with van der Waals surface area (Å²) in [6.07, 6.45) is 0. The van der Waals surface area contributed by atoms with Gasteiger partial charge in [-0.2, -0.15) is 0 Å². The van der Waals surface area contributed by atoms with Gasteiger partial charge in [0.1, 0.15) is 6.61 Å². The fraction of sp³-hybridized carbons (Fsp3) is 0.136. The van der Waals surface area contributed by atoms with E-state index in [0.717, 1.165) is 5.56 Å². The first-order valence-corrected chi connectivity index (χ1v) is 10.3. The Hall–Kier alpha value is -2.96. The van der Waals surface area contributed by atoms with Gasteiger partial charge in [-0.3, -0.25) is 0 Å². The quantitative estimate of drug-likeness (QED) is 0.617. The molecule has 1 unspecified atom stereocenters. The van der Waals surface area contributed by atoms with Gasteiger partial charge in [0.2, 0.25) is 10.0 Å². The van der Waals surface area contributed by atoms with E-state index in [0.29, 0.717) is 11.1 Å². The van der Waals surface area contributed by atoms with Gasteiger partial charge < -0.3 is 4.74 Å². The Morgan fingerprint density at radius 2 is 1.46 bits per heavy atom. The van der Waals surface area contributed by atoms with Crippen LogP contribution in [0.5, 0.6) is 0 Å². The second-order valence-corrected chi connectivity index (χ2v) is 8.08. The number of esters is 1. The number of rotatable bonds is 7. The molecule has 28 heavy (non-hydrogen) atoms. The van der Waals surface area contributed by atoms with E-state index in [4.69, 9.17) is 4.74 Å². The molecule has 0 bridgehead atoms. The number of sulfonamides is 1. The van der Waals surface area contributed by atoms with Crippen molar-refractivity contribution < 1.29 is 17.9 Å². The first-order chi connectivity index (χ1) is 13.5. The standard InChI is InChI=1S/C22H21NO4S/c1-17-12-14-20(15-13-17)28(25,26)23-21(18-8-4-2-5-9-18)16-27-22(24)19-10-6-3-7-11-19/h2-15,21,23H,16H2,1H3. The highest BCUT2D eigenvalue weighted by Gasteiger charge is 2.23. The van der Waals surface area contributed by atoms with Gasteiger partial charge in [0.15, 0.2) is 0 Å². The Morgan fingerprint density at radius 3 is 2.07 bits per heavy atom. The number of ether oxygens (including phenoxy) is 1. The minimum absolute atomic E-state index is 0.122. The summed E-state index contributed by atoms with van der Waals surface area (Å²) in [4.78, 5) is 12.4. The zero-order valence-corrected chi connectivity index (χ0v) is 16.2. The summed E-state index contributed by atoms with van der Waals surface area (Å²) in [5.41, 5.74) is 2.09. The highest BCUT2D eigenvalue weighted by molar-refractivity contribution is 7.89. The zero-order valence-electron chi connectivity index (χ0n) is 15.4. The van der Waals surface area contributed by atoms with E-state index in [-0.39, 0.29) is 11.5 Å². The first-order valence-electron chi connectivity index (χ1n) is 8.82. The summed E-state index contributed by atoms with van der Waals surface area (Å²) >= 11 is 0. The van der Waals surface area contributed by atoms with Crippen LogP contribution in [0.1, 0.15) is 27.5 Å². The van der Waals surface area contributed by atoms with Gasteiger partial charge >= 0.3 is 5.97 Å². The van der Waals surface area contributed by atoms with Crippen molar-refractivity contribution in [3.8, 4) is 0 Å². The van der Waals surface area contributed by atoms with Crippen molar-refractivity contribution in [2.75, 3.05) is 6.61 Å². The van der Waals surface area contributed by atoms with Gasteiger partial charge in [-0.25, -0.2) is 17.9 Å². The molecular weight excluding hydrogens is 374 g/mol. The Morgan fingerprint density at radius 1 is 0.893 bits per heavy atom. The Balaban J connectivity index is 1.79. The Labute approximate surface area is 165 Å². The second-order valence-electron chi connectivity index (χ2n) is 6.36. The van der Waals surface area contributed by atoms with Crippen LogP contribution in [0.3, 0.4) is 0 Å². The molecule has 0 fully saturated rings. The molecule has 0 saturated carbocycles. The third-order valence-corrected chi connectivity index (χ3v) is 5.71. The first kappa shape index (κ1) is 19.8. The van der Waals surface area contributed by atoms with Crippen molar-refractivity contribution in [3.05, 3.63) is 102 Å². The minimum atomic E-state index is -3.78. The van der Waals surface area contributed by atoms with E-state index in [1.807, 2.05) is 25.1 Å². The number of benzene rings is 3. The van der Waals surface area contributed by atoms with E-state index >= 15 is 0 Å². The molecule has 1 atom stereocenters. The van der Waals surface area contributed by atoms with Crippen molar-refractivity contribution in [3.63, 3.8) is 0 Å². The Bertz CT molecular complexity index is 1020. The molecule has 5 nitrogen and oxygen atoms in total. The summed E-state index contributed by atoms with van der Waals surface area (Å²) in [6, 6.07) is 23.5. The van der Waals surface area contributed by atoms with E-state index < -0.39 is 22.0 Å². The normalized spacial score (nSPS) is 12.3. The van der Waals surface area contributed by atoms with Crippen molar-refractivity contribution >= 4 is 16.0 Å². The molecule has 0 amide bonds. The lowest BCUT2D eigenvalue weighted by Crippen LogP contribution is -2.32. The molecule has 3 aromatic carbocycles. The predicted octanol–water partition coefficient (Wildman–Crippen LogP) is 3.87. The third-order valence-electron chi connectivity index (χ3n) is 4.22. The maximum absolute atomic E-state index is 12.8. The van der Waals surface area contributed by atoms with Crippen LogP contribution in [0, 0.1) is 6.92 Å². The van der Waals surface area contributed by atoms with E-state index in [9.17, 15) is 13.2 Å². The molecule has 6 heteroatoms. The number of hydrogen-bond acceptors (Lipinski definition) is 4. The predicted molar refractivity (Wildman–Crippen MR) is 107 cm³/mol. The molecule has 0 radical (unpaired) electrons. The molecule has 144 valence electrons. The second kappa shape index (κ2) is 8.82. The summed E-state index contributed by atoms with van der Waals surface area (Å²) in [7, 11) is -3.78. The zero-order chi connectivity index (χ0) is 20.0. The van der Waals surface area contributed by atoms with Gasteiger partial charge in [-0.1, -0.05) is 66.2 Å². The largest absolute Gasteiger partial charge is 0.460 e. The lowest BCUT2D eigenvalue weighted by Gasteiger charge is -2.19. The summed E-state index contributed by atoms with van der Waals surface area (Å²) in [6.45, 7) is 1.77. The number of carbonyl (C=O) groups is 1. The third kappa shape index (κ3) is 5.06. The van der Waals surface area contributed by atoms with Crippen LogP contribution in [0.2, 0.25) is 0 Å². The van der Waals surface area contributed by atoms with Crippen LogP contribution in [-0.4, -0.2) is 21.0 Å². The highest BCUT2D eigenvalue weighted by atomic mass is 32.2. The molecule has 0 aliphatic heterocycles. The molecule has 3 aromatic rings. The molecule has 0 spiro atoms. The van der Waals surface area contributed by atoms with E-state index in [2.05, 4.69) is 4.72 Å². The fourth-order valence-corrected chi connectivity index (χ4v) is 3.88. The maximum atomic E-state index is 12.8. The molecule has 1 N–H and O–H groups in total. The maximum Gasteiger partial charge on any atom is 0.338 e. The molecule has 0 heterocycles. The molecule has 0 aromatic heterocycles. The van der Waals surface area contributed by atoms with Gasteiger partial charge in [0, 0.05) is 0 Å². The molecule has 0 saturated heterocycles. The van der Waals surface area contributed by atoms with Crippen LogP contribution in [0.15, 0.2) is 89.8 Å². The van der Waals surface area contributed by atoms with Gasteiger partial charge in [0.05, 0.1) is 16.5 Å². The monoisotopic (exact) mass is 395 g/mol. The topological polar surface area (TPSA) is 72.5 Å². The van der Waals surface area contributed by atoms with Crippen LogP contribution in [-0.2, 0) is 14.8 Å². The van der Waals surface area contributed by atoms with Crippen molar-refractivity contribution in [1.82, 2.24) is 4.72 Å². The lowest BCUT2D eigenvalue weighted by atomic mass is 10.1. The van der Waals surface area contributed by atoms with Crippen LogP contribution < -0.4 is 4.72 Å². The van der Waals surface area contributed by atoms with Crippen LogP contribution in [0.25, 0.3) is 0 Å². The molecule has 0 aliphatic carbocycles. The average molecular weight is 395 g/mol. The fourth-order valence-electron chi connectivity index (χ4n) is 2.67. The van der Waals surface area contributed by atoms with Crippen LogP contribution in [0.4, 0.5) is 0 Å². The van der Waals surface area contributed by atoms with Crippen molar-refractivity contribution in [2.45, 2.75) is 17.9 Å². The summed E-state index contributed by atoms with van der Waals surface area (Å²) in [5.74, 6) is -0.504. The SMILES string of the molecule is Cc1ccc(S(=O)(=O)NC(COC(=O)c2ccccc2)c2ccccc2)cc1. The van der Waals surface area contributed by atoms with Gasteiger partial charge in [-0.15, -0.1) is 0 Å². The summed E-state index contributed by atoms with van der Waals surface area (Å²) < 4.78 is 33.6. The number of hydrogen-bond donors (Lipinski definition) is 1.